The van der Waals surface area contributed by atoms with Crippen molar-refractivity contribution in [2.45, 2.75) is 29.9 Å². The van der Waals surface area contributed by atoms with Crippen molar-refractivity contribution in [3.63, 3.8) is 0 Å². The van der Waals surface area contributed by atoms with Gasteiger partial charge in [0.2, 0.25) is 11.8 Å². The Bertz CT molecular complexity index is 764. The number of amides is 2. The lowest BCUT2D eigenvalue weighted by atomic mass is 9.94. The van der Waals surface area contributed by atoms with Gasteiger partial charge in [0, 0.05) is 44.0 Å². The topological polar surface area (TPSA) is 74.8 Å². The van der Waals surface area contributed by atoms with Gasteiger partial charge >= 0.3 is 0 Å². The molecule has 0 bridgehead atoms. The maximum absolute atomic E-state index is 12.6. The predicted molar refractivity (Wildman–Crippen MR) is 94.0 cm³/mol. The number of piperidine rings is 1. The van der Waals surface area contributed by atoms with Crippen molar-refractivity contribution in [1.82, 2.24) is 9.80 Å². The Kier molecular flexibility index (Phi) is 5.06. The summed E-state index contributed by atoms with van der Waals surface area (Å²) in [5.74, 6) is -0.0792. The second-order valence-electron chi connectivity index (χ2n) is 6.64. The summed E-state index contributed by atoms with van der Waals surface area (Å²) in [7, 11) is -3.44. The number of hydrogen-bond donors (Lipinski definition) is 0. The molecule has 2 heterocycles. The summed E-state index contributed by atoms with van der Waals surface area (Å²) in [6.07, 6.45) is 1.28. The molecule has 0 spiro atoms. The third-order valence-corrected chi connectivity index (χ3v) is 7.39. The normalized spacial score (nSPS) is 19.6. The van der Waals surface area contributed by atoms with Crippen LogP contribution >= 0.6 is 11.6 Å². The van der Waals surface area contributed by atoms with Gasteiger partial charge in [-0.05, 0) is 37.1 Å². The molecule has 6 nitrogen and oxygen atoms in total. The molecule has 25 heavy (non-hydrogen) atoms. The van der Waals surface area contributed by atoms with Crippen LogP contribution in [-0.4, -0.2) is 61.5 Å². The Labute approximate surface area is 152 Å². The largest absolute Gasteiger partial charge is 0.343 e. The van der Waals surface area contributed by atoms with Gasteiger partial charge in [-0.3, -0.25) is 9.59 Å². The summed E-state index contributed by atoms with van der Waals surface area (Å²) < 4.78 is 25.1. The van der Waals surface area contributed by atoms with Crippen LogP contribution in [0.25, 0.3) is 0 Å². The predicted octanol–water partition coefficient (Wildman–Crippen LogP) is 1.58. The van der Waals surface area contributed by atoms with Crippen LogP contribution in [0, 0.1) is 5.92 Å². The third-order valence-electron chi connectivity index (χ3n) is 5.03. The average molecular weight is 385 g/mol. The fraction of sp³-hybridized carbons (Fsp3) is 0.529. The van der Waals surface area contributed by atoms with E-state index in [-0.39, 0.29) is 35.7 Å². The lowest BCUT2D eigenvalue weighted by Gasteiger charge is -2.42. The highest BCUT2D eigenvalue weighted by molar-refractivity contribution is 7.92. The van der Waals surface area contributed by atoms with Crippen molar-refractivity contribution in [1.29, 1.82) is 0 Å². The summed E-state index contributed by atoms with van der Waals surface area (Å²) in [6.45, 7) is 3.18. The van der Waals surface area contributed by atoms with Crippen molar-refractivity contribution in [3.8, 4) is 0 Å². The molecule has 2 aliphatic heterocycles. The van der Waals surface area contributed by atoms with Gasteiger partial charge in [0.25, 0.3) is 0 Å². The maximum atomic E-state index is 12.6. The SMILES string of the molecule is CC(=O)N1CCC(C(=O)N2CC(S(=O)(=O)c3ccc(Cl)cc3)C2)CC1. The van der Waals surface area contributed by atoms with Gasteiger partial charge in [0.05, 0.1) is 4.90 Å². The molecule has 0 atom stereocenters. The number of sulfone groups is 1. The Hall–Kier alpha value is -1.60. The molecule has 0 saturated carbocycles. The summed E-state index contributed by atoms with van der Waals surface area (Å²) in [5, 5.41) is -0.0730. The van der Waals surface area contributed by atoms with Crippen LogP contribution in [0.4, 0.5) is 0 Å². The number of carbonyl (C=O) groups excluding carboxylic acids is 2. The van der Waals surface area contributed by atoms with E-state index in [1.807, 2.05) is 0 Å². The fourth-order valence-corrected chi connectivity index (χ4v) is 5.11. The second-order valence-corrected chi connectivity index (χ2v) is 9.31. The van der Waals surface area contributed by atoms with E-state index < -0.39 is 15.1 Å². The number of nitrogens with zero attached hydrogens (tertiary/aromatic N) is 2. The van der Waals surface area contributed by atoms with Crippen molar-refractivity contribution in [3.05, 3.63) is 29.3 Å². The van der Waals surface area contributed by atoms with Crippen molar-refractivity contribution in [2.24, 2.45) is 5.92 Å². The van der Waals surface area contributed by atoms with E-state index in [4.69, 9.17) is 11.6 Å². The molecule has 3 rings (SSSR count). The van der Waals surface area contributed by atoms with E-state index in [9.17, 15) is 18.0 Å². The Morgan fingerprint density at radius 2 is 1.60 bits per heavy atom. The van der Waals surface area contributed by atoms with Gasteiger partial charge in [-0.1, -0.05) is 11.6 Å². The number of benzene rings is 1. The molecule has 0 aromatic heterocycles. The van der Waals surface area contributed by atoms with Gasteiger partial charge < -0.3 is 9.80 Å². The molecule has 2 saturated heterocycles. The minimum absolute atomic E-state index is 0.00533. The van der Waals surface area contributed by atoms with E-state index >= 15 is 0 Å². The zero-order valence-electron chi connectivity index (χ0n) is 14.0. The van der Waals surface area contributed by atoms with Gasteiger partial charge in [0.1, 0.15) is 5.25 Å². The fourth-order valence-electron chi connectivity index (χ4n) is 3.33. The lowest BCUT2D eigenvalue weighted by Crippen LogP contribution is -2.59. The molecule has 0 radical (unpaired) electrons. The number of likely N-dealkylation sites (tertiary alicyclic amines) is 2. The first-order chi connectivity index (χ1) is 11.8. The molecule has 2 fully saturated rings. The minimum atomic E-state index is -3.44. The van der Waals surface area contributed by atoms with Crippen LogP contribution in [0.2, 0.25) is 5.02 Å². The van der Waals surface area contributed by atoms with Gasteiger partial charge in [-0.25, -0.2) is 8.42 Å². The Morgan fingerprint density at radius 1 is 1.04 bits per heavy atom. The molecule has 0 N–H and O–H groups in total. The molecule has 8 heteroatoms. The Balaban J connectivity index is 1.56. The molecule has 0 aliphatic carbocycles. The summed E-state index contributed by atoms with van der Waals surface area (Å²) >= 11 is 5.80. The first kappa shape index (κ1) is 18.2. The first-order valence-corrected chi connectivity index (χ1v) is 10.2. The van der Waals surface area contributed by atoms with E-state index in [0.29, 0.717) is 31.0 Å². The molecule has 1 aromatic rings. The maximum Gasteiger partial charge on any atom is 0.225 e. The molecular weight excluding hydrogens is 364 g/mol. The first-order valence-electron chi connectivity index (χ1n) is 8.33. The standard InChI is InChI=1S/C17H21ClN2O4S/c1-12(21)19-8-6-13(7-9-19)17(22)20-10-16(11-20)25(23,24)15-4-2-14(18)3-5-15/h2-5,13,16H,6-11H2,1H3. The number of halogens is 1. The van der Waals surface area contributed by atoms with Gasteiger partial charge in [-0.15, -0.1) is 0 Å². The number of hydrogen-bond acceptors (Lipinski definition) is 4. The van der Waals surface area contributed by atoms with Crippen molar-refractivity contribution < 1.29 is 18.0 Å². The molecular formula is C17H21ClN2O4S. The second kappa shape index (κ2) is 6.96. The van der Waals surface area contributed by atoms with Crippen LogP contribution in [0.1, 0.15) is 19.8 Å². The van der Waals surface area contributed by atoms with Crippen LogP contribution in [0.15, 0.2) is 29.2 Å². The summed E-state index contributed by atoms with van der Waals surface area (Å²) in [4.78, 5) is 27.5. The van der Waals surface area contributed by atoms with Crippen LogP contribution in [0.3, 0.4) is 0 Å². The van der Waals surface area contributed by atoms with E-state index in [1.165, 1.54) is 19.1 Å². The molecule has 0 unspecified atom stereocenters. The van der Waals surface area contributed by atoms with E-state index in [2.05, 4.69) is 0 Å². The lowest BCUT2D eigenvalue weighted by molar-refractivity contribution is -0.142. The van der Waals surface area contributed by atoms with Gasteiger partial charge in [0.15, 0.2) is 9.84 Å². The van der Waals surface area contributed by atoms with Crippen LogP contribution < -0.4 is 0 Å². The summed E-state index contributed by atoms with van der Waals surface area (Å²) in [5.41, 5.74) is 0. The average Bonchev–Trinajstić information content (AvgIpc) is 2.53. The zero-order valence-corrected chi connectivity index (χ0v) is 15.6. The van der Waals surface area contributed by atoms with Crippen LogP contribution in [-0.2, 0) is 19.4 Å². The number of carbonyl (C=O) groups is 2. The molecule has 136 valence electrons. The monoisotopic (exact) mass is 384 g/mol. The highest BCUT2D eigenvalue weighted by Crippen LogP contribution is 2.28. The van der Waals surface area contributed by atoms with E-state index in [1.54, 1.807) is 21.9 Å². The minimum Gasteiger partial charge on any atom is -0.343 e. The smallest absolute Gasteiger partial charge is 0.225 e. The Morgan fingerprint density at radius 3 is 2.12 bits per heavy atom. The highest BCUT2D eigenvalue weighted by atomic mass is 35.5. The highest BCUT2D eigenvalue weighted by Gasteiger charge is 2.42. The van der Waals surface area contributed by atoms with Crippen molar-refractivity contribution in [2.75, 3.05) is 26.2 Å². The zero-order chi connectivity index (χ0) is 18.2. The molecule has 2 amide bonds. The van der Waals surface area contributed by atoms with E-state index in [0.717, 1.165) is 0 Å². The molecule has 2 aliphatic rings. The van der Waals surface area contributed by atoms with Crippen molar-refractivity contribution >= 4 is 33.3 Å². The number of rotatable bonds is 3. The van der Waals surface area contributed by atoms with Gasteiger partial charge in [-0.2, -0.15) is 0 Å². The quantitative estimate of drug-likeness (QED) is 0.793. The summed E-state index contributed by atoms with van der Waals surface area (Å²) in [6, 6.07) is 6.11. The molecule has 1 aromatic carbocycles. The third kappa shape index (κ3) is 3.67. The van der Waals surface area contributed by atoms with Crippen LogP contribution in [0.5, 0.6) is 0 Å².